The maximum Gasteiger partial charge on any atom is 0.332 e. The van der Waals surface area contributed by atoms with Crippen LogP contribution in [0.4, 0.5) is 10.5 Å². The van der Waals surface area contributed by atoms with Gasteiger partial charge in [-0.05, 0) is 54.3 Å². The third-order valence-electron chi connectivity index (χ3n) is 6.35. The summed E-state index contributed by atoms with van der Waals surface area (Å²) in [5.41, 5.74) is 2.56. The van der Waals surface area contributed by atoms with E-state index in [1.54, 1.807) is 29.3 Å². The quantitative estimate of drug-likeness (QED) is 0.474. The number of pyridine rings is 1. The Bertz CT molecular complexity index is 1160. The van der Waals surface area contributed by atoms with Crippen LogP contribution >= 0.6 is 23.2 Å². The monoisotopic (exact) mass is 451 g/mol. The van der Waals surface area contributed by atoms with E-state index in [1.165, 1.54) is 4.90 Å². The molecule has 2 saturated heterocycles. The van der Waals surface area contributed by atoms with E-state index >= 15 is 0 Å². The molecule has 2 aliphatic heterocycles. The highest BCUT2D eigenvalue weighted by molar-refractivity contribution is 6.35. The number of fused-ring (bicyclic) bond motifs is 1. The summed E-state index contributed by atoms with van der Waals surface area (Å²) in [6.07, 6.45) is 4.29. The lowest BCUT2D eigenvalue weighted by molar-refractivity contribution is -0.123. The number of benzene rings is 2. The lowest BCUT2D eigenvalue weighted by atomic mass is 9.80. The van der Waals surface area contributed by atoms with Gasteiger partial charge in [-0.15, -0.1) is 0 Å². The third-order valence-corrected chi connectivity index (χ3v) is 6.79. The molecular weight excluding hydrogens is 433 g/mol. The third kappa shape index (κ3) is 3.11. The predicted molar refractivity (Wildman–Crippen MR) is 121 cm³/mol. The van der Waals surface area contributed by atoms with Gasteiger partial charge in [0.15, 0.2) is 0 Å². The molecule has 5 rings (SSSR count). The van der Waals surface area contributed by atoms with Crippen LogP contribution in [-0.2, 0) is 4.79 Å². The Kier molecular flexibility index (Phi) is 4.76. The lowest BCUT2D eigenvalue weighted by Gasteiger charge is -2.30. The Morgan fingerprint density at radius 2 is 1.71 bits per heavy atom. The molecule has 0 N–H and O–H groups in total. The van der Waals surface area contributed by atoms with E-state index in [4.69, 9.17) is 23.2 Å². The van der Waals surface area contributed by atoms with Crippen molar-refractivity contribution in [3.63, 3.8) is 0 Å². The zero-order chi connectivity index (χ0) is 21.8. The summed E-state index contributed by atoms with van der Waals surface area (Å²) in [6, 6.07) is 16.5. The SMILES string of the molecule is C[C@@]12C(=O)N(c3cc(Cl)cc(Cl)c3)C(=O)N1CC[C@@H]2c1ccc(-c2cccnc2)cc1. The molecular formula is C24H19Cl2N3O2. The molecule has 31 heavy (non-hydrogen) atoms. The van der Waals surface area contributed by atoms with Crippen molar-refractivity contribution in [1.82, 2.24) is 9.88 Å². The average Bonchev–Trinajstić information content (AvgIpc) is 3.20. The zero-order valence-corrected chi connectivity index (χ0v) is 18.3. The first-order valence-electron chi connectivity index (χ1n) is 10.0. The molecule has 0 unspecified atom stereocenters. The van der Waals surface area contributed by atoms with Crippen LogP contribution in [0.2, 0.25) is 10.0 Å². The number of aromatic nitrogens is 1. The fourth-order valence-corrected chi connectivity index (χ4v) is 5.30. The molecule has 156 valence electrons. The van der Waals surface area contributed by atoms with Gasteiger partial charge in [0, 0.05) is 34.9 Å². The second kappa shape index (κ2) is 7.36. The van der Waals surface area contributed by atoms with Crippen LogP contribution in [0.3, 0.4) is 0 Å². The van der Waals surface area contributed by atoms with Gasteiger partial charge in [-0.1, -0.05) is 53.5 Å². The molecule has 2 fully saturated rings. The van der Waals surface area contributed by atoms with E-state index < -0.39 is 5.54 Å². The summed E-state index contributed by atoms with van der Waals surface area (Å²) in [5, 5.41) is 0.755. The number of carbonyl (C=O) groups is 2. The standard InChI is InChI=1S/C24H19Cl2N3O2/c1-24-21(16-6-4-15(5-7-16)17-3-2-9-27-14-17)8-10-28(24)23(31)29(22(24)30)20-12-18(25)11-19(26)13-20/h2-7,9,11-14,21H,8,10H2,1H3/t21-,24-/m1/s1. The summed E-state index contributed by atoms with van der Waals surface area (Å²) < 4.78 is 0. The van der Waals surface area contributed by atoms with Crippen molar-refractivity contribution in [1.29, 1.82) is 0 Å². The first-order chi connectivity index (χ1) is 14.9. The Morgan fingerprint density at radius 1 is 1.00 bits per heavy atom. The molecule has 0 aliphatic carbocycles. The summed E-state index contributed by atoms with van der Waals surface area (Å²) in [7, 11) is 0. The number of imide groups is 1. The van der Waals surface area contributed by atoms with Gasteiger partial charge >= 0.3 is 6.03 Å². The Morgan fingerprint density at radius 3 is 2.35 bits per heavy atom. The van der Waals surface area contributed by atoms with Gasteiger partial charge in [-0.25, -0.2) is 9.69 Å². The molecule has 0 radical (unpaired) electrons. The van der Waals surface area contributed by atoms with Crippen molar-refractivity contribution in [2.24, 2.45) is 0 Å². The normalized spacial score (nSPS) is 22.9. The number of anilines is 1. The topological polar surface area (TPSA) is 53.5 Å². The van der Waals surface area contributed by atoms with Gasteiger partial charge in [0.2, 0.25) is 0 Å². The van der Waals surface area contributed by atoms with Crippen molar-refractivity contribution in [2.45, 2.75) is 24.8 Å². The van der Waals surface area contributed by atoms with Crippen molar-refractivity contribution < 1.29 is 9.59 Å². The van der Waals surface area contributed by atoms with Crippen LogP contribution in [0.1, 0.15) is 24.8 Å². The fourth-order valence-electron chi connectivity index (χ4n) is 4.78. The zero-order valence-electron chi connectivity index (χ0n) is 16.8. The number of hydrogen-bond acceptors (Lipinski definition) is 3. The first-order valence-corrected chi connectivity index (χ1v) is 10.8. The molecule has 0 saturated carbocycles. The summed E-state index contributed by atoms with van der Waals surface area (Å²) in [4.78, 5) is 33.8. The number of rotatable bonds is 3. The van der Waals surface area contributed by atoms with Gasteiger partial charge in [0.05, 0.1) is 5.69 Å². The van der Waals surface area contributed by atoms with E-state index in [2.05, 4.69) is 4.98 Å². The average molecular weight is 452 g/mol. The Balaban J connectivity index is 1.49. The van der Waals surface area contributed by atoms with Gasteiger partial charge in [0.1, 0.15) is 5.54 Å². The van der Waals surface area contributed by atoms with Crippen LogP contribution in [0, 0.1) is 0 Å². The second-order valence-corrected chi connectivity index (χ2v) is 8.93. The first kappa shape index (κ1) is 20.0. The maximum absolute atomic E-state index is 13.6. The highest BCUT2D eigenvalue weighted by Gasteiger charge is 2.62. The fraction of sp³-hybridized carbons (Fsp3) is 0.208. The maximum atomic E-state index is 13.6. The summed E-state index contributed by atoms with van der Waals surface area (Å²) >= 11 is 12.2. The molecule has 0 spiro atoms. The summed E-state index contributed by atoms with van der Waals surface area (Å²) in [5.74, 6) is -0.360. The molecule has 3 amide bonds. The van der Waals surface area contributed by atoms with Crippen LogP contribution in [0.25, 0.3) is 11.1 Å². The molecule has 2 aromatic carbocycles. The van der Waals surface area contributed by atoms with Crippen LogP contribution < -0.4 is 4.90 Å². The molecule has 5 nitrogen and oxygen atoms in total. The highest BCUT2D eigenvalue weighted by atomic mass is 35.5. The minimum absolute atomic E-state index is 0.105. The Hall–Kier alpha value is -2.89. The largest absolute Gasteiger partial charge is 0.332 e. The van der Waals surface area contributed by atoms with Crippen molar-refractivity contribution in [2.75, 3.05) is 11.4 Å². The molecule has 3 aromatic rings. The van der Waals surface area contributed by atoms with E-state index in [0.29, 0.717) is 22.3 Å². The van der Waals surface area contributed by atoms with Crippen molar-refractivity contribution in [3.05, 3.63) is 82.6 Å². The molecule has 0 bridgehead atoms. The number of halogens is 2. The van der Waals surface area contributed by atoms with E-state index in [-0.39, 0.29) is 17.9 Å². The van der Waals surface area contributed by atoms with Crippen LogP contribution in [-0.4, -0.2) is 33.9 Å². The van der Waals surface area contributed by atoms with Crippen molar-refractivity contribution >= 4 is 40.8 Å². The van der Waals surface area contributed by atoms with Crippen LogP contribution in [0.5, 0.6) is 0 Å². The number of amides is 3. The van der Waals surface area contributed by atoms with E-state index in [1.807, 2.05) is 49.5 Å². The Labute approximate surface area is 190 Å². The van der Waals surface area contributed by atoms with Crippen molar-refractivity contribution in [3.8, 4) is 11.1 Å². The number of nitrogens with zero attached hydrogens (tertiary/aromatic N) is 3. The molecule has 1 aromatic heterocycles. The number of hydrogen-bond donors (Lipinski definition) is 0. The van der Waals surface area contributed by atoms with Gasteiger partial charge in [-0.3, -0.25) is 9.78 Å². The number of carbonyl (C=O) groups excluding carboxylic acids is 2. The predicted octanol–water partition coefficient (Wildman–Crippen LogP) is 5.77. The smallest absolute Gasteiger partial charge is 0.309 e. The minimum Gasteiger partial charge on any atom is -0.309 e. The van der Waals surface area contributed by atoms with Gasteiger partial charge < -0.3 is 4.90 Å². The molecule has 3 heterocycles. The second-order valence-electron chi connectivity index (χ2n) is 8.05. The molecule has 7 heteroatoms. The van der Waals surface area contributed by atoms with E-state index in [9.17, 15) is 9.59 Å². The molecule has 2 aliphatic rings. The minimum atomic E-state index is -0.957. The number of urea groups is 1. The summed E-state index contributed by atoms with van der Waals surface area (Å²) in [6.45, 7) is 2.37. The van der Waals surface area contributed by atoms with Gasteiger partial charge in [0.25, 0.3) is 5.91 Å². The van der Waals surface area contributed by atoms with E-state index in [0.717, 1.165) is 23.1 Å². The van der Waals surface area contributed by atoms with Crippen LogP contribution in [0.15, 0.2) is 67.0 Å². The molecule has 2 atom stereocenters. The lowest BCUT2D eigenvalue weighted by Crippen LogP contribution is -2.46. The van der Waals surface area contributed by atoms with Gasteiger partial charge in [-0.2, -0.15) is 0 Å². The highest BCUT2D eigenvalue weighted by Crippen LogP contribution is 2.48.